The third kappa shape index (κ3) is 3.14. The first-order chi connectivity index (χ1) is 6.09. The Balaban J connectivity index is 2.59. The number of rotatable bonds is 1. The third-order valence-electron chi connectivity index (χ3n) is 1.88. The lowest BCUT2D eigenvalue weighted by Gasteiger charge is -2.08. The molecule has 1 heterocycles. The van der Waals surface area contributed by atoms with Gasteiger partial charge < -0.3 is 17.2 Å². The molecule has 0 aromatic carbocycles. The van der Waals surface area contributed by atoms with Crippen LogP contribution < -0.4 is 17.2 Å². The lowest BCUT2D eigenvalue weighted by Crippen LogP contribution is -2.27. The molecule has 0 bridgehead atoms. The Morgan fingerprint density at radius 3 is 2.54 bits per heavy atom. The summed E-state index contributed by atoms with van der Waals surface area (Å²) in [6.45, 7) is 2.13. The monoisotopic (exact) mass is 201 g/mol. The summed E-state index contributed by atoms with van der Waals surface area (Å²) in [5.74, 6) is 1.27. The molecule has 1 aliphatic rings. The van der Waals surface area contributed by atoms with E-state index in [2.05, 4.69) is 16.9 Å². The average molecular weight is 201 g/mol. The summed E-state index contributed by atoms with van der Waals surface area (Å²) < 4.78 is 0. The summed E-state index contributed by atoms with van der Waals surface area (Å²) in [7, 11) is 0. The Labute approximate surface area is 81.9 Å². The highest BCUT2D eigenvalue weighted by Gasteiger charge is 2.23. The summed E-state index contributed by atoms with van der Waals surface area (Å²) in [6.07, 6.45) is 1.05. The van der Waals surface area contributed by atoms with Crippen molar-refractivity contribution in [2.45, 2.75) is 24.6 Å². The van der Waals surface area contributed by atoms with E-state index in [1.165, 1.54) is 0 Å². The van der Waals surface area contributed by atoms with Crippen LogP contribution in [0.2, 0.25) is 0 Å². The molecule has 2 atom stereocenters. The molecule has 1 rings (SSSR count). The van der Waals surface area contributed by atoms with Gasteiger partial charge in [-0.05, 0) is 12.2 Å². The predicted octanol–water partition coefficient (Wildman–Crippen LogP) is -0.531. The fourth-order valence-electron chi connectivity index (χ4n) is 1.22. The van der Waals surface area contributed by atoms with Gasteiger partial charge in [-0.25, -0.2) is 4.99 Å². The second kappa shape index (κ2) is 4.36. The molecule has 0 aromatic rings. The molecular formula is C7H15N5S. The van der Waals surface area contributed by atoms with Crippen molar-refractivity contribution in [1.29, 1.82) is 0 Å². The van der Waals surface area contributed by atoms with Crippen LogP contribution in [0.4, 0.5) is 0 Å². The maximum Gasteiger partial charge on any atom is 0.218 e. The number of nitrogens with two attached hydrogens (primary N) is 3. The quantitative estimate of drug-likeness (QED) is 0.392. The van der Waals surface area contributed by atoms with E-state index in [0.29, 0.717) is 5.25 Å². The Morgan fingerprint density at radius 2 is 2.08 bits per heavy atom. The van der Waals surface area contributed by atoms with Gasteiger partial charge in [-0.3, -0.25) is 0 Å². The van der Waals surface area contributed by atoms with Crippen LogP contribution >= 0.6 is 11.8 Å². The van der Waals surface area contributed by atoms with Gasteiger partial charge >= 0.3 is 0 Å². The standard InChI is InChI=1S/C7H15N5S/c1-4-5(2-3-13-4)11-7(10)12-6(8)9/h4-5H,2-3H2,1H3,(H6,8,9,10,11,12). The molecule has 13 heavy (non-hydrogen) atoms. The Bertz CT molecular complexity index is 233. The number of nitrogens with zero attached hydrogens (tertiary/aromatic N) is 2. The van der Waals surface area contributed by atoms with Gasteiger partial charge in [0.15, 0.2) is 5.96 Å². The molecule has 6 heteroatoms. The zero-order chi connectivity index (χ0) is 9.84. The predicted molar refractivity (Wildman–Crippen MR) is 57.8 cm³/mol. The number of hydrogen-bond donors (Lipinski definition) is 3. The number of hydrogen-bond acceptors (Lipinski definition) is 2. The number of aliphatic imine (C=N–C) groups is 2. The first-order valence-electron chi connectivity index (χ1n) is 4.14. The molecule has 0 amide bonds. The van der Waals surface area contributed by atoms with E-state index in [1.807, 2.05) is 11.8 Å². The molecule has 5 nitrogen and oxygen atoms in total. The van der Waals surface area contributed by atoms with Gasteiger partial charge in [0.1, 0.15) is 0 Å². The van der Waals surface area contributed by atoms with Crippen LogP contribution in [-0.2, 0) is 0 Å². The minimum atomic E-state index is -0.0421. The van der Waals surface area contributed by atoms with Crippen molar-refractivity contribution in [1.82, 2.24) is 0 Å². The molecule has 2 unspecified atom stereocenters. The van der Waals surface area contributed by atoms with Crippen LogP contribution in [0, 0.1) is 0 Å². The zero-order valence-corrected chi connectivity index (χ0v) is 8.42. The normalized spacial score (nSPS) is 28.8. The van der Waals surface area contributed by atoms with Gasteiger partial charge in [-0.2, -0.15) is 16.8 Å². The van der Waals surface area contributed by atoms with E-state index in [9.17, 15) is 0 Å². The van der Waals surface area contributed by atoms with Crippen molar-refractivity contribution in [2.24, 2.45) is 27.2 Å². The third-order valence-corrected chi connectivity index (χ3v) is 3.19. The Morgan fingerprint density at radius 1 is 1.38 bits per heavy atom. The highest BCUT2D eigenvalue weighted by molar-refractivity contribution is 8.00. The van der Waals surface area contributed by atoms with Crippen LogP contribution in [0.15, 0.2) is 9.98 Å². The lowest BCUT2D eigenvalue weighted by molar-refractivity contribution is 0.678. The fraction of sp³-hybridized carbons (Fsp3) is 0.714. The number of guanidine groups is 2. The second-order valence-corrected chi connectivity index (χ2v) is 4.44. The highest BCUT2D eigenvalue weighted by Crippen LogP contribution is 2.28. The lowest BCUT2D eigenvalue weighted by atomic mass is 10.2. The van der Waals surface area contributed by atoms with Gasteiger partial charge in [0, 0.05) is 5.25 Å². The molecule has 0 radical (unpaired) electrons. The van der Waals surface area contributed by atoms with Gasteiger partial charge in [0.25, 0.3) is 0 Å². The first-order valence-corrected chi connectivity index (χ1v) is 5.19. The van der Waals surface area contributed by atoms with E-state index in [1.54, 1.807) is 0 Å². The van der Waals surface area contributed by atoms with E-state index < -0.39 is 0 Å². The van der Waals surface area contributed by atoms with Crippen molar-refractivity contribution in [3.8, 4) is 0 Å². The van der Waals surface area contributed by atoms with Crippen molar-refractivity contribution in [3.05, 3.63) is 0 Å². The highest BCUT2D eigenvalue weighted by atomic mass is 32.2. The summed E-state index contributed by atoms with van der Waals surface area (Å²) in [5, 5.41) is 0.507. The van der Waals surface area contributed by atoms with Crippen molar-refractivity contribution < 1.29 is 0 Å². The van der Waals surface area contributed by atoms with Crippen LogP contribution in [0.1, 0.15) is 13.3 Å². The maximum atomic E-state index is 5.51. The summed E-state index contributed by atoms with van der Waals surface area (Å²) in [6, 6.07) is 0.257. The van der Waals surface area contributed by atoms with E-state index in [0.717, 1.165) is 12.2 Å². The molecule has 0 aromatic heterocycles. The SMILES string of the molecule is CC1SCCC1N=C(N)N=C(N)N. The van der Waals surface area contributed by atoms with Gasteiger partial charge in [0.05, 0.1) is 6.04 Å². The molecule has 1 aliphatic heterocycles. The first kappa shape index (κ1) is 10.2. The smallest absolute Gasteiger partial charge is 0.218 e. The summed E-state index contributed by atoms with van der Waals surface area (Å²) >= 11 is 1.89. The molecule has 1 saturated heterocycles. The second-order valence-electron chi connectivity index (χ2n) is 2.96. The van der Waals surface area contributed by atoms with E-state index in [4.69, 9.17) is 17.2 Å². The van der Waals surface area contributed by atoms with Crippen LogP contribution in [0.3, 0.4) is 0 Å². The molecule has 6 N–H and O–H groups in total. The Hall–Kier alpha value is -0.910. The van der Waals surface area contributed by atoms with E-state index >= 15 is 0 Å². The molecule has 0 aliphatic carbocycles. The topological polar surface area (TPSA) is 103 Å². The number of thioether (sulfide) groups is 1. The minimum Gasteiger partial charge on any atom is -0.370 e. The molecule has 1 fully saturated rings. The molecule has 0 spiro atoms. The summed E-state index contributed by atoms with van der Waals surface area (Å²) in [4.78, 5) is 7.89. The molecule has 74 valence electrons. The van der Waals surface area contributed by atoms with Gasteiger partial charge in [0.2, 0.25) is 5.96 Å². The van der Waals surface area contributed by atoms with E-state index in [-0.39, 0.29) is 18.0 Å². The largest absolute Gasteiger partial charge is 0.370 e. The van der Waals surface area contributed by atoms with Crippen LogP contribution in [0.25, 0.3) is 0 Å². The zero-order valence-electron chi connectivity index (χ0n) is 7.60. The minimum absolute atomic E-state index is 0.0421. The maximum absolute atomic E-state index is 5.51. The summed E-state index contributed by atoms with van der Waals surface area (Å²) in [5.41, 5.74) is 15.8. The van der Waals surface area contributed by atoms with Crippen LogP contribution in [-0.4, -0.2) is 29.0 Å². The van der Waals surface area contributed by atoms with Crippen molar-refractivity contribution in [3.63, 3.8) is 0 Å². The van der Waals surface area contributed by atoms with Crippen LogP contribution in [0.5, 0.6) is 0 Å². The fourth-order valence-corrected chi connectivity index (χ4v) is 2.39. The van der Waals surface area contributed by atoms with Crippen molar-refractivity contribution in [2.75, 3.05) is 5.75 Å². The Kier molecular flexibility index (Phi) is 3.41. The molecular weight excluding hydrogens is 186 g/mol. The van der Waals surface area contributed by atoms with Crippen molar-refractivity contribution >= 4 is 23.7 Å². The average Bonchev–Trinajstić information content (AvgIpc) is 2.34. The van der Waals surface area contributed by atoms with Gasteiger partial charge in [-0.1, -0.05) is 6.92 Å². The van der Waals surface area contributed by atoms with Gasteiger partial charge in [-0.15, -0.1) is 0 Å². The molecule has 0 saturated carbocycles.